The Bertz CT molecular complexity index is 122. The summed E-state index contributed by atoms with van der Waals surface area (Å²) in [6.07, 6.45) is 3.81. The molecule has 0 bridgehead atoms. The molecular formula is C11H25NO2. The lowest BCUT2D eigenvalue weighted by atomic mass is 9.93. The van der Waals surface area contributed by atoms with E-state index in [1.807, 2.05) is 0 Å². The third kappa shape index (κ3) is 6.35. The minimum Gasteiger partial charge on any atom is -0.389 e. The molecule has 0 radical (unpaired) electrons. The second-order valence-electron chi connectivity index (χ2n) is 3.89. The molecule has 0 aromatic carbocycles. The molecule has 0 aromatic rings. The van der Waals surface area contributed by atoms with Crippen LogP contribution in [-0.4, -0.2) is 37.5 Å². The quantitative estimate of drug-likeness (QED) is 0.559. The van der Waals surface area contributed by atoms with Gasteiger partial charge in [0.15, 0.2) is 0 Å². The summed E-state index contributed by atoms with van der Waals surface area (Å²) in [7, 11) is 1.69. The third-order valence-corrected chi connectivity index (χ3v) is 2.37. The van der Waals surface area contributed by atoms with Gasteiger partial charge in [-0.15, -0.1) is 0 Å². The van der Waals surface area contributed by atoms with Crippen LogP contribution in [0.4, 0.5) is 0 Å². The molecule has 0 aliphatic heterocycles. The van der Waals surface area contributed by atoms with E-state index in [2.05, 4.69) is 19.2 Å². The molecule has 0 aliphatic rings. The summed E-state index contributed by atoms with van der Waals surface area (Å²) in [5.41, 5.74) is -0.517. The monoisotopic (exact) mass is 203 g/mol. The van der Waals surface area contributed by atoms with Gasteiger partial charge in [-0.3, -0.25) is 0 Å². The lowest BCUT2D eigenvalue weighted by molar-refractivity contribution is 0.0205. The van der Waals surface area contributed by atoms with Gasteiger partial charge in [-0.25, -0.2) is 0 Å². The van der Waals surface area contributed by atoms with Crippen LogP contribution in [-0.2, 0) is 4.74 Å². The van der Waals surface area contributed by atoms with Crippen molar-refractivity contribution >= 4 is 0 Å². The van der Waals surface area contributed by atoms with E-state index in [1.54, 1.807) is 7.11 Å². The maximum Gasteiger partial charge on any atom is 0.0771 e. The first kappa shape index (κ1) is 13.9. The maximum absolute atomic E-state index is 10.2. The number of ether oxygens (including phenoxy) is 1. The molecule has 2 N–H and O–H groups in total. The summed E-state index contributed by atoms with van der Waals surface area (Å²) >= 11 is 0. The molecule has 3 nitrogen and oxygen atoms in total. The summed E-state index contributed by atoms with van der Waals surface area (Å²) in [6, 6.07) is 0. The Balaban J connectivity index is 3.71. The van der Waals surface area contributed by atoms with E-state index in [9.17, 15) is 5.11 Å². The van der Waals surface area contributed by atoms with Crippen LogP contribution in [0.15, 0.2) is 0 Å². The van der Waals surface area contributed by atoms with Crippen molar-refractivity contribution in [3.63, 3.8) is 0 Å². The van der Waals surface area contributed by atoms with Crippen LogP contribution in [0.5, 0.6) is 0 Å². The predicted octanol–water partition coefficient (Wildman–Crippen LogP) is 1.55. The minimum atomic E-state index is -0.517. The summed E-state index contributed by atoms with van der Waals surface area (Å²) in [4.78, 5) is 0. The van der Waals surface area contributed by atoms with E-state index >= 15 is 0 Å². The lowest BCUT2D eigenvalue weighted by Gasteiger charge is -2.27. The summed E-state index contributed by atoms with van der Waals surface area (Å²) < 4.78 is 4.93. The molecule has 0 atom stereocenters. The number of hydrogen-bond acceptors (Lipinski definition) is 3. The van der Waals surface area contributed by atoms with Gasteiger partial charge in [-0.05, 0) is 12.8 Å². The van der Waals surface area contributed by atoms with Gasteiger partial charge in [0.2, 0.25) is 0 Å². The summed E-state index contributed by atoms with van der Waals surface area (Å²) in [5, 5.41) is 13.4. The topological polar surface area (TPSA) is 41.5 Å². The Kier molecular flexibility index (Phi) is 8.14. The third-order valence-electron chi connectivity index (χ3n) is 2.37. The van der Waals surface area contributed by atoms with Gasteiger partial charge in [-0.1, -0.05) is 26.7 Å². The Morgan fingerprint density at radius 1 is 1.21 bits per heavy atom. The van der Waals surface area contributed by atoms with Crippen molar-refractivity contribution in [2.24, 2.45) is 0 Å². The fourth-order valence-electron chi connectivity index (χ4n) is 1.73. The number of methoxy groups -OCH3 is 1. The fourth-order valence-corrected chi connectivity index (χ4v) is 1.73. The van der Waals surface area contributed by atoms with Crippen LogP contribution in [0.2, 0.25) is 0 Å². The molecule has 86 valence electrons. The number of hydrogen-bond donors (Lipinski definition) is 2. The van der Waals surface area contributed by atoms with Crippen LogP contribution in [0.1, 0.15) is 39.5 Å². The van der Waals surface area contributed by atoms with Crippen molar-refractivity contribution in [2.45, 2.75) is 45.1 Å². The molecule has 0 rings (SSSR count). The highest BCUT2D eigenvalue weighted by atomic mass is 16.5. The standard InChI is InChI=1S/C11H25NO2/c1-4-6-11(13,7-5-2)10-12-8-9-14-3/h12-13H,4-10H2,1-3H3. The van der Waals surface area contributed by atoms with Crippen molar-refractivity contribution in [2.75, 3.05) is 26.8 Å². The van der Waals surface area contributed by atoms with E-state index in [1.165, 1.54) is 0 Å². The predicted molar refractivity (Wildman–Crippen MR) is 59.5 cm³/mol. The molecule has 0 saturated heterocycles. The first-order chi connectivity index (χ1) is 6.68. The fraction of sp³-hybridized carbons (Fsp3) is 1.00. The van der Waals surface area contributed by atoms with E-state index in [-0.39, 0.29) is 0 Å². The van der Waals surface area contributed by atoms with Gasteiger partial charge >= 0.3 is 0 Å². The Morgan fingerprint density at radius 2 is 1.79 bits per heavy atom. The van der Waals surface area contributed by atoms with Crippen LogP contribution >= 0.6 is 0 Å². The zero-order valence-corrected chi connectivity index (χ0v) is 9.81. The molecule has 0 unspecified atom stereocenters. The average molecular weight is 203 g/mol. The molecule has 0 fully saturated rings. The molecule has 3 heteroatoms. The first-order valence-electron chi connectivity index (χ1n) is 5.60. The first-order valence-corrected chi connectivity index (χ1v) is 5.60. The average Bonchev–Trinajstić information content (AvgIpc) is 2.13. The van der Waals surface area contributed by atoms with Gasteiger partial charge in [0.25, 0.3) is 0 Å². The molecule has 0 spiro atoms. The molecular weight excluding hydrogens is 178 g/mol. The Morgan fingerprint density at radius 3 is 2.21 bits per heavy atom. The van der Waals surface area contributed by atoms with E-state index in [4.69, 9.17) is 4.74 Å². The van der Waals surface area contributed by atoms with Gasteiger partial charge in [0, 0.05) is 20.2 Å². The van der Waals surface area contributed by atoms with Crippen LogP contribution in [0.3, 0.4) is 0 Å². The normalized spacial score (nSPS) is 12.0. The van der Waals surface area contributed by atoms with Crippen LogP contribution < -0.4 is 5.32 Å². The van der Waals surface area contributed by atoms with E-state index < -0.39 is 5.60 Å². The molecule has 14 heavy (non-hydrogen) atoms. The zero-order valence-electron chi connectivity index (χ0n) is 9.81. The van der Waals surface area contributed by atoms with Crippen molar-refractivity contribution in [3.05, 3.63) is 0 Å². The number of nitrogens with one attached hydrogen (secondary N) is 1. The van der Waals surface area contributed by atoms with Crippen LogP contribution in [0.25, 0.3) is 0 Å². The van der Waals surface area contributed by atoms with Gasteiger partial charge in [0.1, 0.15) is 0 Å². The molecule has 0 saturated carbocycles. The molecule has 0 aliphatic carbocycles. The highest BCUT2D eigenvalue weighted by molar-refractivity contribution is 4.79. The zero-order chi connectivity index (χ0) is 10.9. The van der Waals surface area contributed by atoms with E-state index in [0.29, 0.717) is 13.2 Å². The second kappa shape index (κ2) is 8.21. The van der Waals surface area contributed by atoms with Crippen LogP contribution in [0, 0.1) is 0 Å². The van der Waals surface area contributed by atoms with Crippen molar-refractivity contribution < 1.29 is 9.84 Å². The van der Waals surface area contributed by atoms with Crippen molar-refractivity contribution in [1.29, 1.82) is 0 Å². The highest BCUT2D eigenvalue weighted by Gasteiger charge is 2.23. The van der Waals surface area contributed by atoms with Crippen molar-refractivity contribution in [3.8, 4) is 0 Å². The molecule has 0 amide bonds. The lowest BCUT2D eigenvalue weighted by Crippen LogP contribution is -2.41. The van der Waals surface area contributed by atoms with Gasteiger partial charge in [0.05, 0.1) is 12.2 Å². The summed E-state index contributed by atoms with van der Waals surface area (Å²) in [5.74, 6) is 0. The largest absolute Gasteiger partial charge is 0.389 e. The smallest absolute Gasteiger partial charge is 0.0771 e. The maximum atomic E-state index is 10.2. The van der Waals surface area contributed by atoms with E-state index in [0.717, 1.165) is 32.2 Å². The molecule has 0 aromatic heterocycles. The summed E-state index contributed by atoms with van der Waals surface area (Å²) in [6.45, 7) is 6.41. The van der Waals surface area contributed by atoms with Crippen molar-refractivity contribution in [1.82, 2.24) is 5.32 Å². The Labute approximate surface area is 87.8 Å². The molecule has 0 heterocycles. The number of rotatable bonds is 9. The Hall–Kier alpha value is -0.120. The second-order valence-corrected chi connectivity index (χ2v) is 3.89. The van der Waals surface area contributed by atoms with Gasteiger partial charge < -0.3 is 15.2 Å². The highest BCUT2D eigenvalue weighted by Crippen LogP contribution is 2.18. The number of aliphatic hydroxyl groups is 1. The van der Waals surface area contributed by atoms with Gasteiger partial charge in [-0.2, -0.15) is 0 Å². The SMILES string of the molecule is CCCC(O)(CCC)CNCCOC. The minimum absolute atomic E-state index is 0.517.